The van der Waals surface area contributed by atoms with Gasteiger partial charge in [-0.25, -0.2) is 8.42 Å². The maximum Gasteiger partial charge on any atom is 0.244 e. The molecule has 1 amide bonds. The van der Waals surface area contributed by atoms with Crippen molar-refractivity contribution in [3.05, 3.63) is 48.8 Å². The van der Waals surface area contributed by atoms with E-state index in [-0.39, 0.29) is 16.7 Å². The quantitative estimate of drug-likeness (QED) is 0.742. The maximum absolute atomic E-state index is 13.3. The first-order valence-electron chi connectivity index (χ1n) is 9.98. The Hall–Kier alpha value is -1.90. The fourth-order valence-electron chi connectivity index (χ4n) is 3.93. The van der Waals surface area contributed by atoms with E-state index < -0.39 is 10.0 Å². The molecule has 29 heavy (non-hydrogen) atoms. The van der Waals surface area contributed by atoms with Crippen LogP contribution in [0, 0.1) is 5.92 Å². The summed E-state index contributed by atoms with van der Waals surface area (Å²) in [4.78, 5) is 20.5. The fraction of sp³-hybridized carbons (Fsp3) is 0.429. The highest BCUT2D eigenvalue weighted by molar-refractivity contribution is 8.00. The van der Waals surface area contributed by atoms with Crippen molar-refractivity contribution < 1.29 is 13.2 Å². The molecule has 8 heteroatoms. The molecule has 0 aliphatic carbocycles. The first kappa shape index (κ1) is 20.4. The molecule has 0 bridgehead atoms. The van der Waals surface area contributed by atoms with E-state index in [9.17, 15) is 13.2 Å². The van der Waals surface area contributed by atoms with Gasteiger partial charge >= 0.3 is 0 Å². The van der Waals surface area contributed by atoms with Crippen LogP contribution in [-0.2, 0) is 14.8 Å². The third-order valence-corrected chi connectivity index (χ3v) is 8.93. The standard InChI is InChI=1S/C21H25N3O3S2/c1-2-17-15-24(19-7-3-4-8-20(19)28-17)21(25)16-9-12-23(13-10-16)29(26,27)18-6-5-11-22-14-18/h3-8,11,14,16-17H,2,9-10,12-13,15H2,1H3/t17-/m1/s1. The lowest BCUT2D eigenvalue weighted by atomic mass is 9.96. The second-order valence-corrected chi connectivity index (χ2v) is 10.7. The average Bonchev–Trinajstić information content (AvgIpc) is 2.78. The molecule has 1 atom stereocenters. The maximum atomic E-state index is 13.3. The first-order valence-corrected chi connectivity index (χ1v) is 12.3. The Morgan fingerprint density at radius 1 is 1.17 bits per heavy atom. The minimum atomic E-state index is -3.55. The van der Waals surface area contributed by atoms with Crippen molar-refractivity contribution in [1.82, 2.24) is 9.29 Å². The van der Waals surface area contributed by atoms with Gasteiger partial charge in [0.1, 0.15) is 4.90 Å². The number of piperidine rings is 1. The lowest BCUT2D eigenvalue weighted by Gasteiger charge is -2.38. The number of thioether (sulfide) groups is 1. The van der Waals surface area contributed by atoms with Gasteiger partial charge < -0.3 is 4.90 Å². The second kappa shape index (κ2) is 8.45. The topological polar surface area (TPSA) is 70.6 Å². The Balaban J connectivity index is 1.47. The third kappa shape index (κ3) is 4.06. The Labute approximate surface area is 176 Å². The number of pyridine rings is 1. The van der Waals surface area contributed by atoms with Crippen molar-refractivity contribution in [2.45, 2.75) is 41.2 Å². The lowest BCUT2D eigenvalue weighted by Crippen LogP contribution is -2.47. The summed E-state index contributed by atoms with van der Waals surface area (Å²) in [5.74, 6) is -0.0290. The number of hydrogen-bond donors (Lipinski definition) is 0. The third-order valence-electron chi connectivity index (χ3n) is 5.63. The summed E-state index contributed by atoms with van der Waals surface area (Å²) in [5.41, 5.74) is 0.984. The van der Waals surface area contributed by atoms with Crippen molar-refractivity contribution in [1.29, 1.82) is 0 Å². The minimum Gasteiger partial charge on any atom is -0.310 e. The second-order valence-electron chi connectivity index (χ2n) is 7.43. The molecular weight excluding hydrogens is 406 g/mol. The van der Waals surface area contributed by atoms with E-state index in [2.05, 4.69) is 18.0 Å². The van der Waals surface area contributed by atoms with Crippen LogP contribution in [0.3, 0.4) is 0 Å². The van der Waals surface area contributed by atoms with E-state index in [0.717, 1.165) is 17.0 Å². The summed E-state index contributed by atoms with van der Waals surface area (Å²) in [6.45, 7) is 3.57. The molecule has 6 nitrogen and oxygen atoms in total. The highest BCUT2D eigenvalue weighted by Crippen LogP contribution is 2.40. The summed E-state index contributed by atoms with van der Waals surface area (Å²) in [5, 5.41) is 0.389. The van der Waals surface area contributed by atoms with Crippen LogP contribution in [0.15, 0.2) is 58.6 Å². The molecule has 1 saturated heterocycles. The van der Waals surface area contributed by atoms with Crippen LogP contribution >= 0.6 is 11.8 Å². The molecule has 2 aliphatic rings. The molecule has 1 fully saturated rings. The summed E-state index contributed by atoms with van der Waals surface area (Å²) in [7, 11) is -3.55. The van der Waals surface area contributed by atoms with Crippen LogP contribution in [0.1, 0.15) is 26.2 Å². The van der Waals surface area contributed by atoms with Gasteiger partial charge in [0.2, 0.25) is 15.9 Å². The van der Waals surface area contributed by atoms with Crippen LogP contribution in [0.25, 0.3) is 0 Å². The number of rotatable bonds is 4. The van der Waals surface area contributed by atoms with Gasteiger partial charge in [0, 0.05) is 48.1 Å². The van der Waals surface area contributed by atoms with Crippen LogP contribution < -0.4 is 4.90 Å². The molecule has 3 heterocycles. The fourth-order valence-corrected chi connectivity index (χ4v) is 6.57. The highest BCUT2D eigenvalue weighted by atomic mass is 32.2. The molecule has 0 radical (unpaired) electrons. The number of aromatic nitrogens is 1. The zero-order chi connectivity index (χ0) is 20.4. The normalized spacial score (nSPS) is 21.0. The molecule has 0 unspecified atom stereocenters. The van der Waals surface area contributed by atoms with E-state index in [1.807, 2.05) is 34.9 Å². The van der Waals surface area contributed by atoms with Gasteiger partial charge in [0.15, 0.2) is 0 Å². The summed E-state index contributed by atoms with van der Waals surface area (Å²) in [6.07, 6.45) is 5.02. The lowest BCUT2D eigenvalue weighted by molar-refractivity contribution is -0.123. The van der Waals surface area contributed by atoms with Gasteiger partial charge in [-0.3, -0.25) is 9.78 Å². The van der Waals surface area contributed by atoms with Gasteiger partial charge in [-0.15, -0.1) is 11.8 Å². The molecule has 2 aromatic rings. The predicted molar refractivity (Wildman–Crippen MR) is 114 cm³/mol. The van der Waals surface area contributed by atoms with Crippen molar-refractivity contribution in [2.75, 3.05) is 24.5 Å². The predicted octanol–water partition coefficient (Wildman–Crippen LogP) is 3.40. The van der Waals surface area contributed by atoms with Gasteiger partial charge in [-0.05, 0) is 43.5 Å². The van der Waals surface area contributed by atoms with E-state index in [1.54, 1.807) is 18.3 Å². The van der Waals surface area contributed by atoms with Gasteiger partial charge in [-0.1, -0.05) is 19.1 Å². The molecule has 4 rings (SSSR count). The largest absolute Gasteiger partial charge is 0.310 e. The highest BCUT2D eigenvalue weighted by Gasteiger charge is 2.36. The SMILES string of the molecule is CC[C@@H]1CN(C(=O)C2CCN(S(=O)(=O)c3cccnc3)CC2)c2ccccc2S1. The molecule has 154 valence electrons. The number of sulfonamides is 1. The van der Waals surface area contributed by atoms with Gasteiger partial charge in [-0.2, -0.15) is 4.31 Å². The molecular formula is C21H25N3O3S2. The number of fused-ring (bicyclic) bond motifs is 1. The van der Waals surface area contributed by atoms with Crippen LogP contribution in [0.2, 0.25) is 0 Å². The van der Waals surface area contributed by atoms with E-state index >= 15 is 0 Å². The van der Waals surface area contributed by atoms with Crippen molar-refractivity contribution in [3.8, 4) is 0 Å². The first-order chi connectivity index (χ1) is 14.0. The minimum absolute atomic E-state index is 0.120. The number of nitrogens with zero attached hydrogens (tertiary/aromatic N) is 3. The Morgan fingerprint density at radius 3 is 2.62 bits per heavy atom. The summed E-state index contributed by atoms with van der Waals surface area (Å²) < 4.78 is 27.1. The molecule has 2 aliphatic heterocycles. The van der Waals surface area contributed by atoms with Gasteiger partial charge in [0.05, 0.1) is 5.69 Å². The zero-order valence-corrected chi connectivity index (χ0v) is 18.0. The van der Waals surface area contributed by atoms with E-state index in [0.29, 0.717) is 37.7 Å². The van der Waals surface area contributed by atoms with Crippen LogP contribution in [0.5, 0.6) is 0 Å². The Bertz CT molecular complexity index is 974. The number of benzene rings is 1. The van der Waals surface area contributed by atoms with E-state index in [1.165, 1.54) is 10.5 Å². The Kier molecular flexibility index (Phi) is 5.94. The number of amides is 1. The van der Waals surface area contributed by atoms with Crippen molar-refractivity contribution >= 4 is 33.4 Å². The molecule has 0 saturated carbocycles. The number of carbonyl (C=O) groups excluding carboxylic acids is 1. The monoisotopic (exact) mass is 431 g/mol. The van der Waals surface area contributed by atoms with E-state index in [4.69, 9.17) is 0 Å². The molecule has 1 aromatic carbocycles. The van der Waals surface area contributed by atoms with Crippen LogP contribution in [-0.4, -0.2) is 48.5 Å². The number of carbonyl (C=O) groups is 1. The molecule has 1 aromatic heterocycles. The summed E-state index contributed by atoms with van der Waals surface area (Å²) >= 11 is 1.84. The number of anilines is 1. The average molecular weight is 432 g/mol. The Morgan fingerprint density at radius 2 is 1.93 bits per heavy atom. The van der Waals surface area contributed by atoms with Crippen molar-refractivity contribution in [2.24, 2.45) is 5.92 Å². The number of hydrogen-bond acceptors (Lipinski definition) is 5. The zero-order valence-electron chi connectivity index (χ0n) is 16.4. The molecule has 0 N–H and O–H groups in total. The summed E-state index contributed by atoms with van der Waals surface area (Å²) in [6, 6.07) is 11.2. The van der Waals surface area contributed by atoms with Crippen molar-refractivity contribution in [3.63, 3.8) is 0 Å². The van der Waals surface area contributed by atoms with Gasteiger partial charge in [0.25, 0.3) is 0 Å². The smallest absolute Gasteiger partial charge is 0.244 e. The van der Waals surface area contributed by atoms with Crippen LogP contribution in [0.4, 0.5) is 5.69 Å². The molecule has 0 spiro atoms. The number of para-hydroxylation sites is 1.